The Hall–Kier alpha value is -0.930. The van der Waals surface area contributed by atoms with Crippen LogP contribution in [0.4, 0.5) is 0 Å². The van der Waals surface area contributed by atoms with Gasteiger partial charge < -0.3 is 10.1 Å². The van der Waals surface area contributed by atoms with E-state index in [4.69, 9.17) is 27.9 Å². The largest absolute Gasteiger partial charge is 0.487 e. The van der Waals surface area contributed by atoms with E-state index in [1.807, 2.05) is 18.2 Å². The number of nitrogens with one attached hydrogen (secondary N) is 1. The lowest BCUT2D eigenvalue weighted by Gasteiger charge is -2.40. The van der Waals surface area contributed by atoms with E-state index in [9.17, 15) is 4.79 Å². The lowest BCUT2D eigenvalue weighted by Crippen LogP contribution is -2.43. The summed E-state index contributed by atoms with van der Waals surface area (Å²) in [4.78, 5) is 11.7. The molecule has 0 bridgehead atoms. The van der Waals surface area contributed by atoms with Crippen molar-refractivity contribution in [2.45, 2.75) is 43.7 Å². The second-order valence-electron chi connectivity index (χ2n) is 5.63. The van der Waals surface area contributed by atoms with Crippen LogP contribution >= 0.6 is 23.2 Å². The Kier molecular flexibility index (Phi) is 3.83. The number of fused-ring (bicyclic) bond motifs is 1. The molecule has 3 rings (SSSR count). The summed E-state index contributed by atoms with van der Waals surface area (Å²) in [7, 11) is 0. The van der Waals surface area contributed by atoms with E-state index < -0.39 is 0 Å². The van der Waals surface area contributed by atoms with Crippen molar-refractivity contribution in [1.82, 2.24) is 5.32 Å². The molecule has 5 heteroatoms. The average Bonchev–Trinajstić information content (AvgIpc) is 2.87. The number of ether oxygens (including phenoxy) is 1. The van der Waals surface area contributed by atoms with Crippen molar-refractivity contribution >= 4 is 29.1 Å². The van der Waals surface area contributed by atoms with E-state index in [0.29, 0.717) is 5.02 Å². The van der Waals surface area contributed by atoms with Crippen molar-refractivity contribution in [1.29, 1.82) is 0 Å². The van der Waals surface area contributed by atoms with E-state index in [0.717, 1.165) is 30.6 Å². The number of alkyl halides is 1. The molecule has 3 nitrogen and oxygen atoms in total. The van der Waals surface area contributed by atoms with Crippen molar-refractivity contribution < 1.29 is 9.53 Å². The summed E-state index contributed by atoms with van der Waals surface area (Å²) in [6.07, 6.45) is 5.24. The van der Waals surface area contributed by atoms with Crippen LogP contribution < -0.4 is 10.1 Å². The number of benzene rings is 1. The molecule has 1 aliphatic carbocycles. The number of carbonyl (C=O) groups is 1. The third-order valence-electron chi connectivity index (χ3n) is 4.22. The highest BCUT2D eigenvalue weighted by Gasteiger charge is 2.43. The summed E-state index contributed by atoms with van der Waals surface area (Å²) in [5.41, 5.74) is 0.818. The smallest absolute Gasteiger partial charge is 0.235 e. The van der Waals surface area contributed by atoms with Gasteiger partial charge in [0.25, 0.3) is 0 Å². The van der Waals surface area contributed by atoms with Crippen LogP contribution in [0.3, 0.4) is 0 Å². The van der Waals surface area contributed by atoms with Crippen LogP contribution in [0, 0.1) is 0 Å². The molecule has 0 saturated heterocycles. The van der Waals surface area contributed by atoms with Gasteiger partial charge in [-0.2, -0.15) is 0 Å². The number of rotatable bonds is 2. The van der Waals surface area contributed by atoms with Gasteiger partial charge in [-0.1, -0.05) is 11.6 Å². The maximum absolute atomic E-state index is 11.7. The molecule has 0 aromatic heterocycles. The van der Waals surface area contributed by atoms with Crippen molar-refractivity contribution in [3.8, 4) is 5.75 Å². The van der Waals surface area contributed by atoms with Gasteiger partial charge in [0, 0.05) is 17.0 Å². The summed E-state index contributed by atoms with van der Waals surface area (Å²) in [5.74, 6) is 0.653. The molecule has 1 aromatic carbocycles. The third kappa shape index (κ3) is 2.61. The number of carbonyl (C=O) groups excluding carboxylic acids is 1. The van der Waals surface area contributed by atoms with Gasteiger partial charge in [-0.25, -0.2) is 0 Å². The van der Waals surface area contributed by atoms with Gasteiger partial charge in [0.2, 0.25) is 5.91 Å². The van der Waals surface area contributed by atoms with Crippen LogP contribution in [0.1, 0.15) is 43.7 Å². The molecule has 1 saturated carbocycles. The van der Waals surface area contributed by atoms with E-state index in [2.05, 4.69) is 5.32 Å². The molecule has 0 unspecified atom stereocenters. The zero-order valence-electron chi connectivity index (χ0n) is 11.1. The lowest BCUT2D eigenvalue weighted by atomic mass is 9.86. The Balaban J connectivity index is 1.94. The predicted molar refractivity (Wildman–Crippen MR) is 79.5 cm³/mol. The summed E-state index contributed by atoms with van der Waals surface area (Å²) >= 11 is 11.7. The Morgan fingerprint density at radius 1 is 1.40 bits per heavy atom. The highest BCUT2D eigenvalue weighted by atomic mass is 35.5. The molecule has 1 spiro atoms. The van der Waals surface area contributed by atoms with Crippen molar-refractivity contribution in [2.75, 3.05) is 5.88 Å². The molecule has 1 heterocycles. The molecule has 20 heavy (non-hydrogen) atoms. The van der Waals surface area contributed by atoms with Crippen molar-refractivity contribution in [2.24, 2.45) is 0 Å². The first kappa shape index (κ1) is 14.0. The minimum absolute atomic E-state index is 0.0275. The molecule has 1 aliphatic heterocycles. The first-order valence-corrected chi connectivity index (χ1v) is 7.87. The van der Waals surface area contributed by atoms with Crippen molar-refractivity contribution in [3.05, 3.63) is 28.8 Å². The molecule has 1 fully saturated rings. The van der Waals surface area contributed by atoms with Crippen LogP contribution in [0.25, 0.3) is 0 Å². The zero-order chi connectivity index (χ0) is 14.2. The van der Waals surface area contributed by atoms with Crippen LogP contribution in [0.15, 0.2) is 18.2 Å². The first-order valence-electron chi connectivity index (χ1n) is 6.96. The average molecular weight is 314 g/mol. The monoisotopic (exact) mass is 313 g/mol. The Labute approximate surface area is 128 Å². The summed E-state index contributed by atoms with van der Waals surface area (Å²) in [6, 6.07) is 5.53. The minimum atomic E-state index is -0.155. The number of amides is 1. The second-order valence-corrected chi connectivity index (χ2v) is 6.34. The Morgan fingerprint density at radius 2 is 2.15 bits per heavy atom. The van der Waals surface area contributed by atoms with Crippen LogP contribution in [-0.2, 0) is 4.79 Å². The summed E-state index contributed by atoms with van der Waals surface area (Å²) < 4.78 is 6.24. The van der Waals surface area contributed by atoms with E-state index >= 15 is 0 Å². The SMILES string of the molecule is O=C(CCl)N[C@@H]1CC2(CCCC2)Oc2ccc(Cl)cc21. The standard InChI is InChI=1S/C15H17Cl2NO2/c16-9-14(19)18-12-8-15(5-1-2-6-15)20-13-4-3-10(17)7-11(12)13/h3-4,7,12H,1-2,5-6,8-9H2,(H,18,19)/t12-/m1/s1. The van der Waals surface area contributed by atoms with E-state index in [1.54, 1.807) is 0 Å². The van der Waals surface area contributed by atoms with Gasteiger partial charge in [0.1, 0.15) is 17.2 Å². The highest BCUT2D eigenvalue weighted by molar-refractivity contribution is 6.30. The molecule has 108 valence electrons. The fraction of sp³-hybridized carbons (Fsp3) is 0.533. The predicted octanol–water partition coefficient (Wildman–Crippen LogP) is 3.83. The van der Waals surface area contributed by atoms with E-state index in [-0.39, 0.29) is 23.4 Å². The molecule has 1 N–H and O–H groups in total. The fourth-order valence-corrected chi connectivity index (χ4v) is 3.59. The Bertz CT molecular complexity index is 527. The first-order chi connectivity index (χ1) is 9.62. The molecule has 2 aliphatic rings. The number of hydrogen-bond acceptors (Lipinski definition) is 2. The van der Waals surface area contributed by atoms with Crippen LogP contribution in [0.5, 0.6) is 5.75 Å². The maximum Gasteiger partial charge on any atom is 0.235 e. The number of hydrogen-bond donors (Lipinski definition) is 1. The Morgan fingerprint density at radius 3 is 2.85 bits per heavy atom. The van der Waals surface area contributed by atoms with Crippen LogP contribution in [0.2, 0.25) is 5.02 Å². The normalized spacial score (nSPS) is 23.2. The van der Waals surface area contributed by atoms with Gasteiger partial charge >= 0.3 is 0 Å². The minimum Gasteiger partial charge on any atom is -0.487 e. The quantitative estimate of drug-likeness (QED) is 0.843. The molecular weight excluding hydrogens is 297 g/mol. The maximum atomic E-state index is 11.7. The molecular formula is C15H17Cl2NO2. The van der Waals surface area contributed by atoms with Gasteiger partial charge in [0.15, 0.2) is 0 Å². The van der Waals surface area contributed by atoms with Gasteiger partial charge in [-0.3, -0.25) is 4.79 Å². The van der Waals surface area contributed by atoms with Gasteiger partial charge in [-0.05, 0) is 43.9 Å². The van der Waals surface area contributed by atoms with Crippen molar-refractivity contribution in [3.63, 3.8) is 0 Å². The number of halogens is 2. The third-order valence-corrected chi connectivity index (χ3v) is 4.70. The topological polar surface area (TPSA) is 38.3 Å². The molecule has 1 amide bonds. The molecule has 0 radical (unpaired) electrons. The lowest BCUT2D eigenvalue weighted by molar-refractivity contribution is -0.120. The molecule has 1 aromatic rings. The highest BCUT2D eigenvalue weighted by Crippen LogP contribution is 2.47. The van der Waals surface area contributed by atoms with Gasteiger partial charge in [0.05, 0.1) is 6.04 Å². The summed E-state index contributed by atoms with van der Waals surface area (Å²) in [5, 5.41) is 3.65. The fourth-order valence-electron chi connectivity index (χ4n) is 3.33. The second kappa shape index (κ2) is 5.45. The zero-order valence-corrected chi connectivity index (χ0v) is 12.6. The summed E-state index contributed by atoms with van der Waals surface area (Å²) in [6.45, 7) is 0. The van der Waals surface area contributed by atoms with Crippen LogP contribution in [-0.4, -0.2) is 17.4 Å². The van der Waals surface area contributed by atoms with E-state index in [1.165, 1.54) is 12.8 Å². The molecule has 1 atom stereocenters. The van der Waals surface area contributed by atoms with Gasteiger partial charge in [-0.15, -0.1) is 11.6 Å².